The van der Waals surface area contributed by atoms with E-state index in [1.54, 1.807) is 0 Å². The summed E-state index contributed by atoms with van der Waals surface area (Å²) in [6, 6.07) is -0.693. The number of carbonyl (C=O) groups is 2. The second-order valence-electron chi connectivity index (χ2n) is 20.8. The van der Waals surface area contributed by atoms with E-state index in [0.29, 0.717) is 19.3 Å². The van der Waals surface area contributed by atoms with Crippen molar-refractivity contribution in [2.75, 3.05) is 6.61 Å². The summed E-state index contributed by atoms with van der Waals surface area (Å²) in [5, 5.41) is 23.9. The Bertz CT molecular complexity index is 944. The first kappa shape index (κ1) is 63.9. The van der Waals surface area contributed by atoms with Crippen LogP contribution in [0.1, 0.15) is 342 Å². The van der Waals surface area contributed by atoms with Crippen molar-refractivity contribution < 1.29 is 24.5 Å². The number of rotatable bonds is 55. The first-order valence-electron chi connectivity index (χ1n) is 29.8. The van der Waals surface area contributed by atoms with Crippen LogP contribution in [0.15, 0.2) is 0 Å². The molecule has 3 N–H and O–H groups in total. The van der Waals surface area contributed by atoms with Gasteiger partial charge in [-0.15, -0.1) is 0 Å². The van der Waals surface area contributed by atoms with Crippen molar-refractivity contribution in [2.24, 2.45) is 0 Å². The number of amides is 1. The molecule has 1 amide bonds. The van der Waals surface area contributed by atoms with E-state index in [1.165, 1.54) is 257 Å². The molecular weight excluding hydrogens is 803 g/mol. The highest BCUT2D eigenvalue weighted by Gasteiger charge is 2.24. The molecule has 0 bridgehead atoms. The number of ether oxygens (including phenoxy) is 1. The third-order valence-electron chi connectivity index (χ3n) is 14.2. The predicted molar refractivity (Wildman–Crippen MR) is 283 cm³/mol. The first-order chi connectivity index (χ1) is 32.0. The smallest absolute Gasteiger partial charge is 0.306 e. The van der Waals surface area contributed by atoms with Crippen LogP contribution in [0.5, 0.6) is 0 Å². The Balaban J connectivity index is 4.48. The Hall–Kier alpha value is -1.14. The van der Waals surface area contributed by atoms with Crippen LogP contribution < -0.4 is 5.32 Å². The molecule has 0 radical (unpaired) electrons. The topological polar surface area (TPSA) is 95.9 Å². The van der Waals surface area contributed by atoms with Gasteiger partial charge in [0.15, 0.2) is 0 Å². The van der Waals surface area contributed by atoms with Gasteiger partial charge in [0.1, 0.15) is 6.10 Å². The van der Waals surface area contributed by atoms with Gasteiger partial charge < -0.3 is 20.3 Å². The average Bonchev–Trinajstić information content (AvgIpc) is 3.30. The van der Waals surface area contributed by atoms with Crippen LogP contribution in [0.4, 0.5) is 0 Å². The maximum absolute atomic E-state index is 13.3. The van der Waals surface area contributed by atoms with Crippen molar-refractivity contribution in [3.8, 4) is 0 Å². The van der Waals surface area contributed by atoms with Crippen LogP contribution in [0.2, 0.25) is 0 Å². The fourth-order valence-electron chi connectivity index (χ4n) is 9.67. The molecule has 0 heterocycles. The number of hydrogen-bond acceptors (Lipinski definition) is 5. The number of carbonyl (C=O) groups excluding carboxylic acids is 2. The molecule has 0 rings (SSSR count). The van der Waals surface area contributed by atoms with Crippen LogP contribution in [0.25, 0.3) is 0 Å². The number of aliphatic hydroxyl groups excluding tert-OH is 2. The van der Waals surface area contributed by atoms with Crippen molar-refractivity contribution >= 4 is 11.9 Å². The Morgan fingerprint density at radius 2 is 0.646 bits per heavy atom. The van der Waals surface area contributed by atoms with Crippen molar-refractivity contribution in [1.29, 1.82) is 0 Å². The second kappa shape index (κ2) is 53.8. The summed E-state index contributed by atoms with van der Waals surface area (Å²) in [7, 11) is 0. The Labute approximate surface area is 406 Å². The minimum atomic E-state index is -0.780. The first-order valence-corrected chi connectivity index (χ1v) is 29.8. The molecule has 0 aliphatic heterocycles. The lowest BCUT2D eigenvalue weighted by molar-refractivity contribution is -0.151. The van der Waals surface area contributed by atoms with Gasteiger partial charge >= 0.3 is 5.97 Å². The molecule has 6 heteroatoms. The highest BCUT2D eigenvalue weighted by Crippen LogP contribution is 2.20. The van der Waals surface area contributed by atoms with Crippen LogP contribution >= 0.6 is 0 Å². The quantitative estimate of drug-likeness (QED) is 0.0417. The lowest BCUT2D eigenvalue weighted by Gasteiger charge is -2.24. The third-order valence-corrected chi connectivity index (χ3v) is 14.2. The molecule has 65 heavy (non-hydrogen) atoms. The summed E-state index contributed by atoms with van der Waals surface area (Å²) >= 11 is 0. The van der Waals surface area contributed by atoms with Gasteiger partial charge in [0.05, 0.1) is 25.2 Å². The van der Waals surface area contributed by atoms with E-state index in [4.69, 9.17) is 4.74 Å². The van der Waals surface area contributed by atoms with Gasteiger partial charge in [-0.3, -0.25) is 9.59 Å². The SMILES string of the molecule is CCCCCCCCCCCCCCCCCCCC(=O)OC(CCCCCCCCCCCCCCCCCCC)CC(=O)NC(CO)C(O)CCCCCCCCCCCCCC. The zero-order valence-electron chi connectivity index (χ0n) is 44.4. The normalized spacial score (nSPS) is 13.0. The maximum atomic E-state index is 13.3. The molecule has 0 saturated heterocycles. The number of aliphatic hydroxyl groups is 2. The fraction of sp³-hybridized carbons (Fsp3) is 0.966. The van der Waals surface area contributed by atoms with Crippen LogP contribution in [0, 0.1) is 0 Å². The largest absolute Gasteiger partial charge is 0.462 e. The number of esters is 1. The minimum absolute atomic E-state index is 0.0888. The van der Waals surface area contributed by atoms with Crippen LogP contribution in [-0.4, -0.2) is 46.9 Å². The fourth-order valence-corrected chi connectivity index (χ4v) is 9.67. The Morgan fingerprint density at radius 3 is 0.938 bits per heavy atom. The molecule has 6 nitrogen and oxygen atoms in total. The van der Waals surface area contributed by atoms with Gasteiger partial charge in [-0.1, -0.05) is 303 Å². The monoisotopic (exact) mass is 920 g/mol. The molecule has 0 fully saturated rings. The number of unbranched alkanes of at least 4 members (excludes halogenated alkanes) is 43. The van der Waals surface area contributed by atoms with Crippen LogP contribution in [-0.2, 0) is 14.3 Å². The molecule has 0 aliphatic rings. The van der Waals surface area contributed by atoms with Gasteiger partial charge in [0.2, 0.25) is 5.91 Å². The van der Waals surface area contributed by atoms with Gasteiger partial charge in [0, 0.05) is 6.42 Å². The van der Waals surface area contributed by atoms with E-state index >= 15 is 0 Å². The summed E-state index contributed by atoms with van der Waals surface area (Å²) < 4.78 is 5.98. The summed E-state index contributed by atoms with van der Waals surface area (Å²) in [5.41, 5.74) is 0. The highest BCUT2D eigenvalue weighted by atomic mass is 16.5. The molecular formula is C59H117NO5. The van der Waals surface area contributed by atoms with Crippen LogP contribution in [0.3, 0.4) is 0 Å². The molecule has 3 unspecified atom stereocenters. The summed E-state index contributed by atoms with van der Waals surface area (Å²) in [5.74, 6) is -0.443. The molecule has 0 aromatic heterocycles. The van der Waals surface area contributed by atoms with E-state index in [2.05, 4.69) is 26.1 Å². The molecule has 388 valence electrons. The predicted octanol–water partition coefficient (Wildman–Crippen LogP) is 18.3. The summed E-state index contributed by atoms with van der Waals surface area (Å²) in [6.07, 6.45) is 60.3. The summed E-state index contributed by atoms with van der Waals surface area (Å²) in [6.45, 7) is 6.54. The Kier molecular flexibility index (Phi) is 52.9. The van der Waals surface area contributed by atoms with Gasteiger partial charge in [-0.05, 0) is 25.7 Å². The van der Waals surface area contributed by atoms with E-state index in [0.717, 1.165) is 38.5 Å². The van der Waals surface area contributed by atoms with E-state index in [9.17, 15) is 19.8 Å². The number of nitrogens with one attached hydrogen (secondary N) is 1. The van der Waals surface area contributed by atoms with E-state index < -0.39 is 18.2 Å². The Morgan fingerprint density at radius 1 is 0.385 bits per heavy atom. The van der Waals surface area contributed by atoms with Crippen molar-refractivity contribution in [3.05, 3.63) is 0 Å². The second-order valence-corrected chi connectivity index (χ2v) is 20.8. The molecule has 3 atom stereocenters. The minimum Gasteiger partial charge on any atom is -0.462 e. The van der Waals surface area contributed by atoms with Gasteiger partial charge in [0.25, 0.3) is 0 Å². The zero-order chi connectivity index (χ0) is 47.4. The molecule has 0 spiro atoms. The average molecular weight is 921 g/mol. The van der Waals surface area contributed by atoms with Gasteiger partial charge in [-0.25, -0.2) is 0 Å². The molecule has 0 aromatic rings. The van der Waals surface area contributed by atoms with Crippen molar-refractivity contribution in [3.63, 3.8) is 0 Å². The van der Waals surface area contributed by atoms with Gasteiger partial charge in [-0.2, -0.15) is 0 Å². The molecule has 0 aliphatic carbocycles. The van der Waals surface area contributed by atoms with E-state index in [-0.39, 0.29) is 24.9 Å². The molecule has 0 aromatic carbocycles. The zero-order valence-corrected chi connectivity index (χ0v) is 44.4. The van der Waals surface area contributed by atoms with Crippen molar-refractivity contribution in [1.82, 2.24) is 5.32 Å². The maximum Gasteiger partial charge on any atom is 0.306 e. The molecule has 0 saturated carbocycles. The lowest BCUT2D eigenvalue weighted by Crippen LogP contribution is -2.46. The lowest BCUT2D eigenvalue weighted by atomic mass is 10.0. The summed E-state index contributed by atoms with van der Waals surface area (Å²) in [4.78, 5) is 26.3. The van der Waals surface area contributed by atoms with Crippen molar-refractivity contribution in [2.45, 2.75) is 360 Å². The van der Waals surface area contributed by atoms with E-state index in [1.807, 2.05) is 0 Å². The third kappa shape index (κ3) is 49.1. The highest BCUT2D eigenvalue weighted by molar-refractivity contribution is 5.77. The number of hydrogen-bond donors (Lipinski definition) is 3. The standard InChI is InChI=1S/C59H117NO5/c1-4-7-10-13-16-19-22-25-27-29-31-33-35-38-41-44-47-50-55(65-59(64)52-49-46-43-40-37-34-32-30-28-26-23-20-17-14-11-8-5-2)53-58(63)60-56(54-61)57(62)51-48-45-42-39-36-24-21-18-15-12-9-6-3/h55-57,61-62H,4-54H2,1-3H3,(H,60,63).